The maximum atomic E-state index is 11.5. The summed E-state index contributed by atoms with van der Waals surface area (Å²) in [5.41, 5.74) is 0.165. The summed E-state index contributed by atoms with van der Waals surface area (Å²) in [5, 5.41) is 9.42. The molecule has 0 bridgehead atoms. The van der Waals surface area contributed by atoms with E-state index in [-0.39, 0.29) is 5.92 Å². The summed E-state index contributed by atoms with van der Waals surface area (Å²) in [6, 6.07) is 0. The normalized spacial score (nSPS) is 19.4. The van der Waals surface area contributed by atoms with Gasteiger partial charge < -0.3 is 14.7 Å². The average molecular weight is 293 g/mol. The zero-order valence-corrected chi connectivity index (χ0v) is 13.1. The molecule has 1 aliphatic rings. The van der Waals surface area contributed by atoms with E-state index in [1.54, 1.807) is 21.0 Å². The smallest absolute Gasteiger partial charge is 0.309 e. The standard InChI is InChI=1S/C15H23N3O3/c1-10-12(16-9-17-13(10)21-4)18-7-5-6-11(8-18)15(2,3)14(19)20/h9,11H,5-8H2,1-4H3,(H,19,20). The molecular formula is C15H23N3O3. The van der Waals surface area contributed by atoms with Gasteiger partial charge in [0.2, 0.25) is 5.88 Å². The number of rotatable bonds is 4. The van der Waals surface area contributed by atoms with E-state index in [0.29, 0.717) is 12.4 Å². The molecule has 6 nitrogen and oxygen atoms in total. The number of methoxy groups -OCH3 is 1. The third-order valence-electron chi connectivity index (χ3n) is 4.50. The van der Waals surface area contributed by atoms with Crippen molar-refractivity contribution in [1.82, 2.24) is 9.97 Å². The van der Waals surface area contributed by atoms with Crippen LogP contribution in [0.4, 0.5) is 5.82 Å². The van der Waals surface area contributed by atoms with Crippen LogP contribution in [0.2, 0.25) is 0 Å². The summed E-state index contributed by atoms with van der Waals surface area (Å²) >= 11 is 0. The van der Waals surface area contributed by atoms with Gasteiger partial charge in [0.05, 0.1) is 18.1 Å². The van der Waals surface area contributed by atoms with Crippen LogP contribution in [0.3, 0.4) is 0 Å². The van der Waals surface area contributed by atoms with Crippen LogP contribution in [-0.4, -0.2) is 41.2 Å². The fourth-order valence-corrected chi connectivity index (χ4v) is 2.88. The molecule has 1 aromatic rings. The van der Waals surface area contributed by atoms with E-state index in [0.717, 1.165) is 30.8 Å². The molecular weight excluding hydrogens is 270 g/mol. The highest BCUT2D eigenvalue weighted by Crippen LogP contribution is 2.36. The van der Waals surface area contributed by atoms with Gasteiger partial charge in [-0.1, -0.05) is 0 Å². The molecule has 0 saturated carbocycles. The highest BCUT2D eigenvalue weighted by Gasteiger charge is 2.39. The second-order valence-corrected chi connectivity index (χ2v) is 6.14. The van der Waals surface area contributed by atoms with Crippen LogP contribution < -0.4 is 9.64 Å². The number of carboxylic acids is 1. The van der Waals surface area contributed by atoms with Crippen molar-refractivity contribution in [1.29, 1.82) is 0 Å². The minimum atomic E-state index is -0.744. The maximum absolute atomic E-state index is 11.5. The van der Waals surface area contributed by atoms with Gasteiger partial charge in [0, 0.05) is 13.1 Å². The molecule has 1 N–H and O–H groups in total. The van der Waals surface area contributed by atoms with Gasteiger partial charge in [-0.05, 0) is 39.5 Å². The third-order valence-corrected chi connectivity index (χ3v) is 4.50. The molecule has 116 valence electrons. The molecule has 0 aliphatic carbocycles. The van der Waals surface area contributed by atoms with E-state index in [9.17, 15) is 9.90 Å². The predicted octanol–water partition coefficient (Wildman–Crippen LogP) is 2.12. The molecule has 1 aliphatic heterocycles. The van der Waals surface area contributed by atoms with Gasteiger partial charge in [0.15, 0.2) is 0 Å². The predicted molar refractivity (Wildman–Crippen MR) is 79.7 cm³/mol. The zero-order valence-electron chi connectivity index (χ0n) is 13.1. The molecule has 1 saturated heterocycles. The van der Waals surface area contributed by atoms with Gasteiger partial charge >= 0.3 is 5.97 Å². The first-order chi connectivity index (χ1) is 9.87. The van der Waals surface area contributed by atoms with Crippen LogP contribution in [-0.2, 0) is 4.79 Å². The molecule has 2 heterocycles. The van der Waals surface area contributed by atoms with Crippen LogP contribution in [0, 0.1) is 18.3 Å². The van der Waals surface area contributed by atoms with Gasteiger partial charge in [-0.2, -0.15) is 0 Å². The molecule has 0 aromatic carbocycles. The monoisotopic (exact) mass is 293 g/mol. The fraction of sp³-hybridized carbons (Fsp3) is 0.667. The molecule has 1 aromatic heterocycles. The van der Waals surface area contributed by atoms with Crippen LogP contribution >= 0.6 is 0 Å². The van der Waals surface area contributed by atoms with Crippen molar-refractivity contribution in [2.75, 3.05) is 25.1 Å². The van der Waals surface area contributed by atoms with Crippen molar-refractivity contribution < 1.29 is 14.6 Å². The van der Waals surface area contributed by atoms with Crippen molar-refractivity contribution >= 4 is 11.8 Å². The Kier molecular flexibility index (Phi) is 4.34. The highest BCUT2D eigenvalue weighted by atomic mass is 16.5. The first-order valence-electron chi connectivity index (χ1n) is 7.21. The lowest BCUT2D eigenvalue weighted by Gasteiger charge is -2.40. The Morgan fingerprint density at radius 2 is 2.19 bits per heavy atom. The topological polar surface area (TPSA) is 75.6 Å². The maximum Gasteiger partial charge on any atom is 0.309 e. The molecule has 21 heavy (non-hydrogen) atoms. The SMILES string of the molecule is COc1ncnc(N2CCCC(C(C)(C)C(=O)O)C2)c1C. The molecule has 0 radical (unpaired) electrons. The van der Waals surface area contributed by atoms with Crippen molar-refractivity contribution in [3.63, 3.8) is 0 Å². The third kappa shape index (κ3) is 2.94. The Bertz CT molecular complexity index is 531. The van der Waals surface area contributed by atoms with Crippen molar-refractivity contribution in [2.45, 2.75) is 33.6 Å². The van der Waals surface area contributed by atoms with Gasteiger partial charge in [0.25, 0.3) is 0 Å². The molecule has 1 unspecified atom stereocenters. The second-order valence-electron chi connectivity index (χ2n) is 6.14. The first-order valence-corrected chi connectivity index (χ1v) is 7.21. The lowest BCUT2D eigenvalue weighted by atomic mass is 9.74. The molecule has 0 spiro atoms. The van der Waals surface area contributed by atoms with Crippen molar-refractivity contribution in [3.05, 3.63) is 11.9 Å². The number of aromatic nitrogens is 2. The van der Waals surface area contributed by atoms with Crippen molar-refractivity contribution in [2.24, 2.45) is 11.3 Å². The number of ether oxygens (including phenoxy) is 1. The number of carbonyl (C=O) groups is 1. The lowest BCUT2D eigenvalue weighted by Crippen LogP contribution is -2.45. The van der Waals surface area contributed by atoms with Gasteiger partial charge in [0.1, 0.15) is 12.1 Å². The Labute approximate surface area is 125 Å². The van der Waals surface area contributed by atoms with Gasteiger partial charge in [-0.15, -0.1) is 0 Å². The molecule has 0 amide bonds. The van der Waals surface area contributed by atoms with Crippen LogP contribution in [0.5, 0.6) is 5.88 Å². The quantitative estimate of drug-likeness (QED) is 0.916. The minimum Gasteiger partial charge on any atom is -0.481 e. The molecule has 6 heteroatoms. The Morgan fingerprint density at radius 1 is 1.48 bits per heavy atom. The van der Waals surface area contributed by atoms with Gasteiger partial charge in [-0.3, -0.25) is 4.79 Å². The minimum absolute atomic E-state index is 0.101. The first kappa shape index (κ1) is 15.5. The number of carboxylic acid groups (broad SMARTS) is 1. The van der Waals surface area contributed by atoms with Gasteiger partial charge in [-0.25, -0.2) is 9.97 Å². The summed E-state index contributed by atoms with van der Waals surface area (Å²) < 4.78 is 5.24. The summed E-state index contributed by atoms with van der Waals surface area (Å²) in [5.74, 6) is 0.766. The Balaban J connectivity index is 2.24. The summed E-state index contributed by atoms with van der Waals surface area (Å²) in [6.07, 6.45) is 3.39. The zero-order chi connectivity index (χ0) is 15.6. The van der Waals surface area contributed by atoms with Crippen LogP contribution in [0.1, 0.15) is 32.3 Å². The number of hydrogen-bond donors (Lipinski definition) is 1. The fourth-order valence-electron chi connectivity index (χ4n) is 2.88. The average Bonchev–Trinajstić information content (AvgIpc) is 2.47. The number of anilines is 1. The van der Waals surface area contributed by atoms with E-state index in [2.05, 4.69) is 14.9 Å². The Hall–Kier alpha value is -1.85. The van der Waals surface area contributed by atoms with Crippen LogP contribution in [0.25, 0.3) is 0 Å². The lowest BCUT2D eigenvalue weighted by molar-refractivity contribution is -0.150. The summed E-state index contributed by atoms with van der Waals surface area (Å²) in [6.45, 7) is 7.11. The van der Waals surface area contributed by atoms with Crippen molar-refractivity contribution in [3.8, 4) is 5.88 Å². The van der Waals surface area contributed by atoms with E-state index >= 15 is 0 Å². The molecule has 1 fully saturated rings. The second kappa shape index (κ2) is 5.87. The Morgan fingerprint density at radius 3 is 2.81 bits per heavy atom. The molecule has 2 rings (SSSR count). The highest BCUT2D eigenvalue weighted by molar-refractivity contribution is 5.74. The number of aliphatic carboxylic acids is 1. The van der Waals surface area contributed by atoms with E-state index in [1.165, 1.54) is 6.33 Å². The van der Waals surface area contributed by atoms with E-state index in [1.807, 2.05) is 6.92 Å². The summed E-state index contributed by atoms with van der Waals surface area (Å²) in [4.78, 5) is 22.1. The molecule has 1 atom stereocenters. The van der Waals surface area contributed by atoms with E-state index < -0.39 is 11.4 Å². The summed E-state index contributed by atoms with van der Waals surface area (Å²) in [7, 11) is 1.59. The number of hydrogen-bond acceptors (Lipinski definition) is 5. The van der Waals surface area contributed by atoms with E-state index in [4.69, 9.17) is 4.74 Å². The van der Waals surface area contributed by atoms with Crippen LogP contribution in [0.15, 0.2) is 6.33 Å². The largest absolute Gasteiger partial charge is 0.481 e. The number of nitrogens with zero attached hydrogens (tertiary/aromatic N) is 3. The number of piperidine rings is 1.